The summed E-state index contributed by atoms with van der Waals surface area (Å²) < 4.78 is 6.01. The predicted octanol–water partition coefficient (Wildman–Crippen LogP) is 3.71. The zero-order chi connectivity index (χ0) is 32.0. The van der Waals surface area contributed by atoms with Crippen LogP contribution in [0, 0.1) is 5.92 Å². The number of carbonyl (C=O) groups excluding carboxylic acids is 3. The maximum Gasteiger partial charge on any atom is 0.246 e. The largest absolute Gasteiger partial charge is 0.492 e. The maximum absolute atomic E-state index is 13.7. The Hall–Kier alpha value is -3.69. The van der Waals surface area contributed by atoms with Gasteiger partial charge in [0.25, 0.3) is 0 Å². The molecular formula is C35H50N4O5. The van der Waals surface area contributed by atoms with Crippen LogP contribution in [-0.2, 0) is 20.8 Å². The van der Waals surface area contributed by atoms with Crippen molar-refractivity contribution in [3.8, 4) is 5.75 Å². The van der Waals surface area contributed by atoms with Gasteiger partial charge in [0.15, 0.2) is 0 Å². The third-order valence-electron chi connectivity index (χ3n) is 8.07. The molecule has 0 saturated heterocycles. The highest BCUT2D eigenvalue weighted by Crippen LogP contribution is 2.28. The Morgan fingerprint density at radius 2 is 1.64 bits per heavy atom. The predicted molar refractivity (Wildman–Crippen MR) is 174 cm³/mol. The van der Waals surface area contributed by atoms with Gasteiger partial charge in [0.2, 0.25) is 17.7 Å². The summed E-state index contributed by atoms with van der Waals surface area (Å²) in [4.78, 5) is 40.4. The number of nitrogens with one attached hydrogen (secondary N) is 3. The molecule has 240 valence electrons. The fourth-order valence-corrected chi connectivity index (χ4v) is 5.76. The van der Waals surface area contributed by atoms with Crippen LogP contribution in [0.4, 0.5) is 0 Å². The van der Waals surface area contributed by atoms with E-state index in [1.807, 2.05) is 42.5 Å². The van der Waals surface area contributed by atoms with E-state index in [2.05, 4.69) is 47.1 Å². The van der Waals surface area contributed by atoms with E-state index in [4.69, 9.17) is 4.74 Å². The number of likely N-dealkylation sites (N-methyl/N-ethyl adjacent to an activating group) is 1. The van der Waals surface area contributed by atoms with E-state index in [9.17, 15) is 19.5 Å². The lowest BCUT2D eigenvalue weighted by atomic mass is 9.82. The van der Waals surface area contributed by atoms with Crippen molar-refractivity contribution in [3.63, 3.8) is 0 Å². The number of hydrogen-bond donors (Lipinski definition) is 4. The summed E-state index contributed by atoms with van der Waals surface area (Å²) >= 11 is 0. The van der Waals surface area contributed by atoms with Crippen LogP contribution in [0.5, 0.6) is 5.75 Å². The van der Waals surface area contributed by atoms with Gasteiger partial charge in [-0.3, -0.25) is 14.4 Å². The fraction of sp³-hybridized carbons (Fsp3) is 0.514. The smallest absolute Gasteiger partial charge is 0.246 e. The number of hydrogen-bond acceptors (Lipinski definition) is 6. The van der Waals surface area contributed by atoms with E-state index in [1.165, 1.54) is 31.4 Å². The minimum Gasteiger partial charge on any atom is -0.492 e. The Kier molecular flexibility index (Phi) is 13.9. The first-order chi connectivity index (χ1) is 21.1. The number of ether oxygens (including phenoxy) is 1. The van der Waals surface area contributed by atoms with Crippen LogP contribution in [0.3, 0.4) is 0 Å². The van der Waals surface area contributed by atoms with Crippen LogP contribution in [0.1, 0.15) is 64.0 Å². The minimum absolute atomic E-state index is 0.130. The van der Waals surface area contributed by atoms with Gasteiger partial charge in [0.1, 0.15) is 18.4 Å². The lowest BCUT2D eigenvalue weighted by Crippen LogP contribution is -2.62. The van der Waals surface area contributed by atoms with Gasteiger partial charge in [-0.1, -0.05) is 86.9 Å². The molecule has 44 heavy (non-hydrogen) atoms. The molecule has 2 aliphatic rings. The van der Waals surface area contributed by atoms with Crippen LogP contribution < -0.4 is 20.7 Å². The fourth-order valence-electron chi connectivity index (χ4n) is 5.76. The molecule has 4 N–H and O–H groups in total. The van der Waals surface area contributed by atoms with Crippen molar-refractivity contribution in [2.75, 3.05) is 33.3 Å². The highest BCUT2D eigenvalue weighted by atomic mass is 16.5. The van der Waals surface area contributed by atoms with E-state index in [1.54, 1.807) is 0 Å². The first kappa shape index (κ1) is 34.8. The molecule has 0 aromatic heterocycles. The van der Waals surface area contributed by atoms with Crippen LogP contribution in [-0.4, -0.2) is 78.7 Å². The molecule has 1 fully saturated rings. The van der Waals surface area contributed by atoms with Gasteiger partial charge in [-0.15, -0.1) is 0 Å². The highest BCUT2D eigenvalue weighted by molar-refractivity contribution is 5.92. The molecule has 1 saturated carbocycles. The average Bonchev–Trinajstić information content (AvgIpc) is 3.02. The number of para-hydroxylation sites is 1. The normalized spacial score (nSPS) is 22.1. The molecule has 2 aromatic carbocycles. The van der Waals surface area contributed by atoms with Gasteiger partial charge in [-0.05, 0) is 50.7 Å². The van der Waals surface area contributed by atoms with Crippen molar-refractivity contribution < 1.29 is 24.2 Å². The number of fused-ring (bicyclic) bond motifs is 1. The van der Waals surface area contributed by atoms with E-state index in [-0.39, 0.29) is 30.8 Å². The Balaban J connectivity index is 0.000000572. The topological polar surface area (TPSA) is 120 Å². The summed E-state index contributed by atoms with van der Waals surface area (Å²) in [5, 5.41) is 19.5. The monoisotopic (exact) mass is 606 g/mol. The Bertz CT molecular complexity index is 1220. The van der Waals surface area contributed by atoms with Crippen molar-refractivity contribution in [3.05, 3.63) is 71.8 Å². The molecular weight excluding hydrogens is 556 g/mol. The molecule has 1 heterocycles. The summed E-state index contributed by atoms with van der Waals surface area (Å²) in [6.07, 6.45) is 9.93. The van der Waals surface area contributed by atoms with E-state index < -0.39 is 23.6 Å². The second-order valence-electron chi connectivity index (χ2n) is 12.0. The first-order valence-electron chi connectivity index (χ1n) is 15.8. The van der Waals surface area contributed by atoms with Crippen LogP contribution in [0.25, 0.3) is 6.08 Å². The molecule has 2 atom stereocenters. The van der Waals surface area contributed by atoms with Gasteiger partial charge < -0.3 is 30.7 Å². The van der Waals surface area contributed by atoms with Crippen LogP contribution in [0.15, 0.2) is 60.7 Å². The van der Waals surface area contributed by atoms with E-state index in [0.717, 1.165) is 49.8 Å². The zero-order valence-corrected chi connectivity index (χ0v) is 26.7. The molecule has 1 aliphatic carbocycles. The molecule has 1 aliphatic heterocycles. The number of amides is 3. The number of carbonyl (C=O) groups is 3. The van der Waals surface area contributed by atoms with Gasteiger partial charge in [-0.2, -0.15) is 0 Å². The van der Waals surface area contributed by atoms with Gasteiger partial charge in [0.05, 0.1) is 18.2 Å². The number of aryl methyl sites for hydroxylation is 1. The van der Waals surface area contributed by atoms with E-state index in [0.29, 0.717) is 13.2 Å². The Labute approximate surface area is 262 Å². The van der Waals surface area contributed by atoms with Crippen molar-refractivity contribution in [2.45, 2.75) is 77.0 Å². The number of nitrogens with zero attached hydrogens (tertiary/aromatic N) is 1. The summed E-state index contributed by atoms with van der Waals surface area (Å²) in [6.45, 7) is 5.98. The molecule has 0 radical (unpaired) electrons. The molecule has 9 nitrogen and oxygen atoms in total. The standard InChI is InChI=1S/C27H40N4O5.C8H10/c1-27(2,35)24-25(33)30-18-22(32)28-15-9-13-19-10-7-8-14-21(19)36-17-16-29-23(26(34)31(24)3)20-11-5-4-6-12-20;1-2-8-6-4-3-5-7-8/h7-10,13-14,20,23-24,29,35H,4-6,11-12,15-18H2,1-3H3,(H,28,32)(H,30,33);3-7H,2H2,1H3/b13-9+;. The lowest BCUT2D eigenvalue weighted by molar-refractivity contribution is -0.150. The van der Waals surface area contributed by atoms with Gasteiger partial charge in [0, 0.05) is 25.7 Å². The molecule has 9 heteroatoms. The Morgan fingerprint density at radius 3 is 2.30 bits per heavy atom. The van der Waals surface area contributed by atoms with Crippen molar-refractivity contribution in [1.82, 2.24) is 20.9 Å². The van der Waals surface area contributed by atoms with Gasteiger partial charge >= 0.3 is 0 Å². The summed E-state index contributed by atoms with van der Waals surface area (Å²) in [6, 6.07) is 16.4. The van der Waals surface area contributed by atoms with Crippen molar-refractivity contribution in [1.29, 1.82) is 0 Å². The second kappa shape index (κ2) is 17.6. The van der Waals surface area contributed by atoms with Crippen molar-refractivity contribution >= 4 is 23.8 Å². The first-order valence-corrected chi connectivity index (χ1v) is 15.8. The molecule has 0 spiro atoms. The Morgan fingerprint density at radius 1 is 0.955 bits per heavy atom. The van der Waals surface area contributed by atoms with Crippen molar-refractivity contribution in [2.24, 2.45) is 5.92 Å². The zero-order valence-electron chi connectivity index (χ0n) is 26.7. The summed E-state index contributed by atoms with van der Waals surface area (Å²) in [5.74, 6) is -0.354. The second-order valence-corrected chi connectivity index (χ2v) is 12.0. The summed E-state index contributed by atoms with van der Waals surface area (Å²) in [5.41, 5.74) is 0.777. The molecule has 3 amide bonds. The highest BCUT2D eigenvalue weighted by Gasteiger charge is 2.42. The number of benzene rings is 2. The maximum atomic E-state index is 13.7. The lowest BCUT2D eigenvalue weighted by Gasteiger charge is -2.39. The number of rotatable bonds is 3. The summed E-state index contributed by atoms with van der Waals surface area (Å²) in [7, 11) is 1.54. The van der Waals surface area contributed by atoms with E-state index >= 15 is 0 Å². The third-order valence-corrected chi connectivity index (χ3v) is 8.07. The number of aliphatic hydroxyl groups is 1. The van der Waals surface area contributed by atoms with Crippen LogP contribution in [0.2, 0.25) is 0 Å². The third kappa shape index (κ3) is 10.8. The molecule has 0 bridgehead atoms. The minimum atomic E-state index is -1.52. The molecule has 2 unspecified atom stereocenters. The average molecular weight is 607 g/mol. The molecule has 2 aromatic rings. The van der Waals surface area contributed by atoms with Crippen LogP contribution >= 0.6 is 0 Å². The SMILES string of the molecule is CCc1ccccc1.CN1C(=O)C(C2CCCCC2)NCCOc2ccccc2/C=C/CNC(=O)CNC(=O)C1C(C)(C)O. The van der Waals surface area contributed by atoms with Gasteiger partial charge in [-0.25, -0.2) is 0 Å². The quantitative estimate of drug-likeness (QED) is 0.423. The molecule has 4 rings (SSSR count).